The van der Waals surface area contributed by atoms with E-state index >= 15 is 0 Å². The maximum absolute atomic E-state index is 11.4. The van der Waals surface area contributed by atoms with Crippen molar-refractivity contribution in [3.63, 3.8) is 0 Å². The van der Waals surface area contributed by atoms with Crippen LogP contribution < -0.4 is 11.1 Å². The molecule has 1 aromatic carbocycles. The molecule has 0 bridgehead atoms. The molecule has 2 unspecified atom stereocenters. The van der Waals surface area contributed by atoms with Gasteiger partial charge in [-0.15, -0.1) is 0 Å². The number of hydrogen-bond acceptors (Lipinski definition) is 3. The van der Waals surface area contributed by atoms with Gasteiger partial charge in [0, 0.05) is 19.7 Å². The number of nitrogens with one attached hydrogen (secondary N) is 1. The van der Waals surface area contributed by atoms with E-state index in [0.717, 1.165) is 5.56 Å². The van der Waals surface area contributed by atoms with Crippen molar-refractivity contribution in [2.24, 2.45) is 5.73 Å². The van der Waals surface area contributed by atoms with Crippen LogP contribution in [0.1, 0.15) is 18.5 Å². The summed E-state index contributed by atoms with van der Waals surface area (Å²) in [5.74, 6) is -0.145. The Morgan fingerprint density at radius 3 is 2.62 bits per heavy atom. The largest absolute Gasteiger partial charge is 0.372 e. The van der Waals surface area contributed by atoms with E-state index < -0.39 is 6.10 Å². The number of amides is 1. The van der Waals surface area contributed by atoms with Gasteiger partial charge in [-0.1, -0.05) is 30.3 Å². The highest BCUT2D eigenvalue weighted by molar-refractivity contribution is 5.80. The van der Waals surface area contributed by atoms with E-state index in [1.807, 2.05) is 30.3 Å². The Bertz CT molecular complexity index is 327. The number of hydrogen-bond donors (Lipinski definition) is 2. The van der Waals surface area contributed by atoms with Gasteiger partial charge in [0.05, 0.1) is 0 Å². The highest BCUT2D eigenvalue weighted by Gasteiger charge is 2.12. The Hall–Kier alpha value is -1.39. The molecule has 1 aromatic rings. The lowest BCUT2D eigenvalue weighted by atomic mass is 10.1. The van der Waals surface area contributed by atoms with Crippen LogP contribution in [0.5, 0.6) is 0 Å². The van der Waals surface area contributed by atoms with Gasteiger partial charge < -0.3 is 15.8 Å². The lowest BCUT2D eigenvalue weighted by Crippen LogP contribution is -2.38. The minimum Gasteiger partial charge on any atom is -0.372 e. The molecule has 3 N–H and O–H groups in total. The fourth-order valence-electron chi connectivity index (χ4n) is 1.28. The molecule has 0 aromatic heterocycles. The summed E-state index contributed by atoms with van der Waals surface area (Å²) in [5.41, 5.74) is 6.94. The Morgan fingerprint density at radius 1 is 1.44 bits per heavy atom. The number of carbonyl (C=O) groups excluding carboxylic acids is 1. The average Bonchev–Trinajstić information content (AvgIpc) is 2.35. The molecule has 0 saturated heterocycles. The lowest BCUT2D eigenvalue weighted by Gasteiger charge is -2.15. The van der Waals surface area contributed by atoms with Crippen LogP contribution in [0.25, 0.3) is 0 Å². The van der Waals surface area contributed by atoms with Gasteiger partial charge in [0.25, 0.3) is 0 Å². The van der Waals surface area contributed by atoms with E-state index in [2.05, 4.69) is 5.32 Å². The Kier molecular flexibility index (Phi) is 4.95. The summed E-state index contributed by atoms with van der Waals surface area (Å²) in [5, 5.41) is 2.74. The summed E-state index contributed by atoms with van der Waals surface area (Å²) in [4.78, 5) is 11.4. The number of nitrogens with two attached hydrogens (primary N) is 1. The highest BCUT2D eigenvalue weighted by atomic mass is 16.5. The first-order valence-electron chi connectivity index (χ1n) is 5.26. The quantitative estimate of drug-likeness (QED) is 0.776. The molecule has 0 aliphatic rings. The summed E-state index contributed by atoms with van der Waals surface area (Å²) in [6.45, 7) is 2.11. The number of carbonyl (C=O) groups is 1. The van der Waals surface area contributed by atoms with Crippen LogP contribution in [-0.2, 0) is 9.53 Å². The zero-order valence-corrected chi connectivity index (χ0v) is 9.64. The fraction of sp³-hybridized carbons (Fsp3) is 0.417. The smallest absolute Gasteiger partial charge is 0.248 e. The monoisotopic (exact) mass is 222 g/mol. The van der Waals surface area contributed by atoms with E-state index in [0.29, 0.717) is 6.54 Å². The summed E-state index contributed by atoms with van der Waals surface area (Å²) < 4.78 is 4.90. The van der Waals surface area contributed by atoms with Crippen LogP contribution in [0.4, 0.5) is 0 Å². The van der Waals surface area contributed by atoms with Crippen LogP contribution in [0.15, 0.2) is 30.3 Å². The molecule has 88 valence electrons. The van der Waals surface area contributed by atoms with Gasteiger partial charge in [-0.25, -0.2) is 0 Å². The van der Waals surface area contributed by atoms with Crippen LogP contribution in [0.3, 0.4) is 0 Å². The Labute approximate surface area is 95.8 Å². The Morgan fingerprint density at radius 2 is 2.06 bits per heavy atom. The van der Waals surface area contributed by atoms with Crippen LogP contribution in [-0.4, -0.2) is 25.7 Å². The predicted octanol–water partition coefficient (Wildman–Crippen LogP) is 0.838. The average molecular weight is 222 g/mol. The van der Waals surface area contributed by atoms with E-state index in [1.165, 1.54) is 7.11 Å². The minimum atomic E-state index is -0.442. The van der Waals surface area contributed by atoms with Gasteiger partial charge in [-0.2, -0.15) is 0 Å². The molecule has 0 heterocycles. The van der Waals surface area contributed by atoms with Crippen molar-refractivity contribution >= 4 is 5.91 Å². The third-order valence-electron chi connectivity index (χ3n) is 2.45. The molecule has 0 radical (unpaired) electrons. The van der Waals surface area contributed by atoms with Crippen molar-refractivity contribution in [3.8, 4) is 0 Å². The van der Waals surface area contributed by atoms with Gasteiger partial charge in [-0.3, -0.25) is 4.79 Å². The van der Waals surface area contributed by atoms with Crippen molar-refractivity contribution in [1.29, 1.82) is 0 Å². The molecule has 0 fully saturated rings. The van der Waals surface area contributed by atoms with Crippen LogP contribution in [0.2, 0.25) is 0 Å². The SMILES string of the molecule is COC(C)C(=O)NCC(N)c1ccccc1. The van der Waals surface area contributed by atoms with Crippen molar-refractivity contribution in [2.45, 2.75) is 19.1 Å². The minimum absolute atomic E-state index is 0.145. The van der Waals surface area contributed by atoms with E-state index in [9.17, 15) is 4.79 Å². The molecule has 1 rings (SSSR count). The number of benzene rings is 1. The maximum Gasteiger partial charge on any atom is 0.248 e. The normalized spacial score (nSPS) is 14.2. The topological polar surface area (TPSA) is 64.3 Å². The maximum atomic E-state index is 11.4. The third-order valence-corrected chi connectivity index (χ3v) is 2.45. The van der Waals surface area contributed by atoms with E-state index in [-0.39, 0.29) is 11.9 Å². The molecule has 2 atom stereocenters. The molecular weight excluding hydrogens is 204 g/mol. The molecule has 16 heavy (non-hydrogen) atoms. The molecular formula is C12H18N2O2. The third kappa shape index (κ3) is 3.64. The first kappa shape index (κ1) is 12.7. The first-order valence-corrected chi connectivity index (χ1v) is 5.26. The molecule has 4 heteroatoms. The molecule has 0 aliphatic heterocycles. The predicted molar refractivity (Wildman–Crippen MR) is 62.9 cm³/mol. The van der Waals surface area contributed by atoms with Gasteiger partial charge in [0.1, 0.15) is 6.10 Å². The first-order chi connectivity index (χ1) is 7.65. The van der Waals surface area contributed by atoms with Gasteiger partial charge >= 0.3 is 0 Å². The standard InChI is InChI=1S/C12H18N2O2/c1-9(16-2)12(15)14-8-11(13)10-6-4-3-5-7-10/h3-7,9,11H,8,13H2,1-2H3,(H,14,15). The van der Waals surface area contributed by atoms with Crippen LogP contribution in [0, 0.1) is 0 Å². The zero-order chi connectivity index (χ0) is 12.0. The van der Waals surface area contributed by atoms with E-state index in [1.54, 1.807) is 6.92 Å². The molecule has 0 spiro atoms. The second-order valence-electron chi connectivity index (χ2n) is 3.64. The van der Waals surface area contributed by atoms with Crippen molar-refractivity contribution in [2.75, 3.05) is 13.7 Å². The van der Waals surface area contributed by atoms with Crippen molar-refractivity contribution < 1.29 is 9.53 Å². The second-order valence-corrected chi connectivity index (χ2v) is 3.64. The summed E-state index contributed by atoms with van der Waals surface area (Å²) >= 11 is 0. The summed E-state index contributed by atoms with van der Waals surface area (Å²) in [7, 11) is 1.50. The summed E-state index contributed by atoms with van der Waals surface area (Å²) in [6.07, 6.45) is -0.442. The van der Waals surface area contributed by atoms with Gasteiger partial charge in [0.2, 0.25) is 5.91 Å². The number of rotatable bonds is 5. The lowest BCUT2D eigenvalue weighted by molar-refractivity contribution is -0.130. The molecule has 1 amide bonds. The molecule has 0 aliphatic carbocycles. The van der Waals surface area contributed by atoms with Crippen molar-refractivity contribution in [3.05, 3.63) is 35.9 Å². The zero-order valence-electron chi connectivity index (χ0n) is 9.64. The van der Waals surface area contributed by atoms with Crippen LogP contribution >= 0.6 is 0 Å². The van der Waals surface area contributed by atoms with Gasteiger partial charge in [-0.05, 0) is 12.5 Å². The fourth-order valence-corrected chi connectivity index (χ4v) is 1.28. The second kappa shape index (κ2) is 6.25. The molecule has 0 saturated carbocycles. The van der Waals surface area contributed by atoms with E-state index in [4.69, 9.17) is 10.5 Å². The van der Waals surface area contributed by atoms with Crippen molar-refractivity contribution in [1.82, 2.24) is 5.32 Å². The number of methoxy groups -OCH3 is 1. The van der Waals surface area contributed by atoms with Gasteiger partial charge in [0.15, 0.2) is 0 Å². The Balaban J connectivity index is 2.42. The highest BCUT2D eigenvalue weighted by Crippen LogP contribution is 2.07. The number of ether oxygens (including phenoxy) is 1. The summed E-state index contributed by atoms with van der Waals surface area (Å²) in [6, 6.07) is 9.48. The molecule has 4 nitrogen and oxygen atoms in total.